The van der Waals surface area contributed by atoms with Crippen molar-refractivity contribution in [1.82, 2.24) is 20.3 Å². The highest BCUT2D eigenvalue weighted by molar-refractivity contribution is 7.85. The lowest BCUT2D eigenvalue weighted by molar-refractivity contribution is 0.169. The van der Waals surface area contributed by atoms with Crippen LogP contribution < -0.4 is 25.2 Å². The van der Waals surface area contributed by atoms with Crippen molar-refractivity contribution in [3.8, 4) is 17.6 Å². The number of rotatable bonds is 5. The summed E-state index contributed by atoms with van der Waals surface area (Å²) in [5.41, 5.74) is 1.08. The van der Waals surface area contributed by atoms with Gasteiger partial charge in [0.25, 0.3) is 0 Å². The van der Waals surface area contributed by atoms with E-state index in [1.165, 1.54) is 7.11 Å². The number of amides is 1. The van der Waals surface area contributed by atoms with E-state index in [-0.39, 0.29) is 6.04 Å². The smallest absolute Gasteiger partial charge is 0.406 e. The van der Waals surface area contributed by atoms with E-state index in [1.54, 1.807) is 13.1 Å². The van der Waals surface area contributed by atoms with E-state index in [4.69, 9.17) is 14.7 Å². The highest BCUT2D eigenvalue weighted by Gasteiger charge is 2.36. The van der Waals surface area contributed by atoms with E-state index in [1.807, 2.05) is 19.9 Å². The number of ether oxygens (including phenoxy) is 2. The van der Waals surface area contributed by atoms with Crippen LogP contribution in [0.3, 0.4) is 0 Å². The molecule has 0 aromatic carbocycles. The molecule has 0 radical (unpaired) electrons. The molecule has 1 saturated heterocycles. The molecule has 0 unspecified atom stereocenters. The number of piperazine rings is 1. The van der Waals surface area contributed by atoms with Gasteiger partial charge in [0.1, 0.15) is 17.3 Å². The molecule has 1 fully saturated rings. The lowest BCUT2D eigenvalue weighted by Crippen LogP contribution is -2.58. The van der Waals surface area contributed by atoms with Gasteiger partial charge in [0.15, 0.2) is 11.6 Å². The van der Waals surface area contributed by atoms with Crippen LogP contribution in [0.5, 0.6) is 5.75 Å². The molecule has 1 amide bonds. The normalized spacial score (nSPS) is 20.0. The van der Waals surface area contributed by atoms with Crippen LogP contribution in [0, 0.1) is 11.8 Å². The van der Waals surface area contributed by atoms with Crippen LogP contribution in [0.2, 0.25) is 0 Å². The SMILES string of the molecule is CC#Cc1cnc2c(c1)OC[C@@H]1CN(c3nc4c(c(NC(C)(C)CNC(=O)OC)n3)[S@](=O)CC4)CCN21. The maximum atomic E-state index is 12.8. The lowest BCUT2D eigenvalue weighted by atomic mass is 10.1. The number of fused-ring (bicyclic) bond motifs is 4. The van der Waals surface area contributed by atoms with Crippen LogP contribution >= 0.6 is 0 Å². The highest BCUT2D eigenvalue weighted by Crippen LogP contribution is 2.36. The van der Waals surface area contributed by atoms with E-state index in [0.29, 0.717) is 55.1 Å². The molecule has 2 atom stereocenters. The zero-order valence-corrected chi connectivity index (χ0v) is 22.3. The molecular weight excluding hydrogens is 494 g/mol. The summed E-state index contributed by atoms with van der Waals surface area (Å²) < 4.78 is 23.5. The second kappa shape index (κ2) is 10.0. The molecule has 2 aromatic rings. The molecule has 0 bridgehead atoms. The number of hydrogen-bond acceptors (Lipinski definition) is 10. The van der Waals surface area contributed by atoms with Gasteiger partial charge in [0.05, 0.1) is 35.2 Å². The lowest BCUT2D eigenvalue weighted by Gasteiger charge is -2.44. The zero-order valence-electron chi connectivity index (χ0n) is 21.5. The van der Waals surface area contributed by atoms with Crippen LogP contribution in [-0.4, -0.2) is 82.5 Å². The fourth-order valence-corrected chi connectivity index (χ4v) is 6.06. The third-order valence-corrected chi connectivity index (χ3v) is 8.02. The molecule has 37 heavy (non-hydrogen) atoms. The second-order valence-corrected chi connectivity index (χ2v) is 11.3. The minimum Gasteiger partial charge on any atom is -0.487 e. The van der Waals surface area contributed by atoms with Gasteiger partial charge in [0, 0.05) is 56.2 Å². The number of anilines is 3. The molecule has 0 spiro atoms. The molecule has 196 valence electrons. The molecule has 0 aliphatic carbocycles. The summed E-state index contributed by atoms with van der Waals surface area (Å²) in [5, 5.41) is 6.11. The van der Waals surface area contributed by atoms with Crippen LogP contribution in [0.1, 0.15) is 32.0 Å². The Kier molecular flexibility index (Phi) is 6.81. The topological polar surface area (TPSA) is 122 Å². The average molecular weight is 526 g/mol. The van der Waals surface area contributed by atoms with Crippen molar-refractivity contribution in [2.75, 3.05) is 60.8 Å². The van der Waals surface area contributed by atoms with Crippen molar-refractivity contribution in [1.29, 1.82) is 0 Å². The number of pyridine rings is 1. The first kappa shape index (κ1) is 25.1. The number of aromatic nitrogens is 3. The number of nitrogens with one attached hydrogen (secondary N) is 2. The summed E-state index contributed by atoms with van der Waals surface area (Å²) in [7, 11) is 0.155. The largest absolute Gasteiger partial charge is 0.487 e. The third-order valence-electron chi connectivity index (χ3n) is 6.56. The first-order chi connectivity index (χ1) is 17.8. The van der Waals surface area contributed by atoms with Gasteiger partial charge in [-0.25, -0.2) is 14.8 Å². The minimum absolute atomic E-state index is 0.0972. The molecule has 3 aliphatic heterocycles. The quantitative estimate of drug-likeness (QED) is 0.556. The van der Waals surface area contributed by atoms with Crippen molar-refractivity contribution in [2.45, 2.75) is 43.7 Å². The number of methoxy groups -OCH3 is 1. The van der Waals surface area contributed by atoms with E-state index in [2.05, 4.69) is 42.0 Å². The number of hydrogen-bond donors (Lipinski definition) is 2. The van der Waals surface area contributed by atoms with Crippen molar-refractivity contribution in [2.24, 2.45) is 0 Å². The van der Waals surface area contributed by atoms with E-state index in [0.717, 1.165) is 29.4 Å². The van der Waals surface area contributed by atoms with Crippen molar-refractivity contribution >= 4 is 34.5 Å². The van der Waals surface area contributed by atoms with Crippen molar-refractivity contribution in [3.05, 3.63) is 23.5 Å². The summed E-state index contributed by atoms with van der Waals surface area (Å²) in [5.74, 6) is 9.20. The maximum Gasteiger partial charge on any atom is 0.406 e. The fraction of sp³-hybridized carbons (Fsp3) is 0.520. The van der Waals surface area contributed by atoms with Gasteiger partial charge in [-0.2, -0.15) is 4.98 Å². The van der Waals surface area contributed by atoms with Crippen LogP contribution in [-0.2, 0) is 22.0 Å². The monoisotopic (exact) mass is 525 g/mol. The molecule has 12 heteroatoms. The van der Waals surface area contributed by atoms with Crippen LogP contribution in [0.25, 0.3) is 0 Å². The Balaban J connectivity index is 1.37. The van der Waals surface area contributed by atoms with Gasteiger partial charge in [-0.3, -0.25) is 4.21 Å². The van der Waals surface area contributed by atoms with Gasteiger partial charge in [-0.15, -0.1) is 5.92 Å². The fourth-order valence-electron chi connectivity index (χ4n) is 4.76. The Labute approximate surface area is 218 Å². The van der Waals surface area contributed by atoms with E-state index < -0.39 is 22.4 Å². The zero-order chi connectivity index (χ0) is 26.2. The number of carbonyl (C=O) groups is 1. The molecule has 0 saturated carbocycles. The van der Waals surface area contributed by atoms with Gasteiger partial charge < -0.3 is 29.9 Å². The van der Waals surface area contributed by atoms with Crippen LogP contribution in [0.4, 0.5) is 22.4 Å². The van der Waals surface area contributed by atoms with Gasteiger partial charge in [0.2, 0.25) is 5.95 Å². The number of alkyl carbamates (subject to hydrolysis) is 1. The summed E-state index contributed by atoms with van der Waals surface area (Å²) in [6.07, 6.45) is 1.91. The standard InChI is InChI=1S/C25H31N7O4S/c1-5-6-16-11-19-22(26-12-16)32-9-8-31(13-17(32)14-36-19)23-28-18-7-10-37(34)20(18)21(29-23)30-25(2,3)15-27-24(33)35-4/h11-12,17H,7-10,13-15H2,1-4H3,(H,27,33)(H,28,29,30)/t17-,37+/m0/s1. The molecule has 11 nitrogen and oxygen atoms in total. The third kappa shape index (κ3) is 5.13. The number of nitrogens with zero attached hydrogens (tertiary/aromatic N) is 5. The maximum absolute atomic E-state index is 12.8. The second-order valence-electron chi connectivity index (χ2n) is 9.83. The molecular formula is C25H31N7O4S. The van der Waals surface area contributed by atoms with Crippen LogP contribution in [0.15, 0.2) is 17.2 Å². The average Bonchev–Trinajstić information content (AvgIpc) is 3.27. The van der Waals surface area contributed by atoms with Crippen molar-refractivity contribution < 1.29 is 18.5 Å². The minimum atomic E-state index is -1.17. The predicted molar refractivity (Wildman–Crippen MR) is 141 cm³/mol. The Bertz CT molecular complexity index is 1310. The van der Waals surface area contributed by atoms with Gasteiger partial charge in [-0.1, -0.05) is 5.92 Å². The Morgan fingerprint density at radius 2 is 2.19 bits per heavy atom. The number of carbonyl (C=O) groups excluding carboxylic acids is 1. The first-order valence-corrected chi connectivity index (χ1v) is 13.6. The summed E-state index contributed by atoms with van der Waals surface area (Å²) >= 11 is 0. The summed E-state index contributed by atoms with van der Waals surface area (Å²) in [6.45, 7) is 8.64. The Morgan fingerprint density at radius 3 is 2.97 bits per heavy atom. The predicted octanol–water partition coefficient (Wildman–Crippen LogP) is 1.54. The molecule has 5 heterocycles. The van der Waals surface area contributed by atoms with E-state index in [9.17, 15) is 9.00 Å². The highest BCUT2D eigenvalue weighted by atomic mass is 32.2. The van der Waals surface area contributed by atoms with E-state index >= 15 is 0 Å². The Morgan fingerprint density at radius 1 is 1.35 bits per heavy atom. The summed E-state index contributed by atoms with van der Waals surface area (Å²) in [6, 6.07) is 2.04. The van der Waals surface area contributed by atoms with Gasteiger partial charge >= 0.3 is 6.09 Å². The van der Waals surface area contributed by atoms with Gasteiger partial charge in [-0.05, 0) is 20.8 Å². The molecule has 5 rings (SSSR count). The Hall–Kier alpha value is -3.59. The molecule has 3 aliphatic rings. The molecule has 2 N–H and O–H groups in total. The first-order valence-electron chi connectivity index (χ1n) is 12.2. The summed E-state index contributed by atoms with van der Waals surface area (Å²) in [4.78, 5) is 31.0. The van der Waals surface area contributed by atoms with Crippen molar-refractivity contribution in [3.63, 3.8) is 0 Å². The molecule has 2 aromatic heterocycles. The number of aryl methyl sites for hydroxylation is 1.